The van der Waals surface area contributed by atoms with E-state index in [0.29, 0.717) is 24.4 Å². The number of anilines is 2. The lowest BCUT2D eigenvalue weighted by atomic mass is 9.92. The smallest absolute Gasteiger partial charge is 0.309 e. The van der Waals surface area contributed by atoms with Gasteiger partial charge in [-0.15, -0.1) is 0 Å². The topological polar surface area (TPSA) is 79.4 Å². The first-order valence-electron chi connectivity index (χ1n) is 7.79. The highest BCUT2D eigenvalue weighted by molar-refractivity contribution is 5.51. The molecule has 0 aromatic carbocycles. The lowest BCUT2D eigenvalue weighted by Crippen LogP contribution is -2.14. The van der Waals surface area contributed by atoms with Gasteiger partial charge in [0.15, 0.2) is 0 Å². The highest BCUT2D eigenvalue weighted by atomic mass is 19.4. The van der Waals surface area contributed by atoms with Crippen LogP contribution in [0.2, 0.25) is 0 Å². The zero-order valence-corrected chi connectivity index (χ0v) is 14.0. The summed E-state index contributed by atoms with van der Waals surface area (Å²) in [5, 5.41) is 16.4. The van der Waals surface area contributed by atoms with Crippen molar-refractivity contribution in [2.75, 3.05) is 5.32 Å². The summed E-state index contributed by atoms with van der Waals surface area (Å²) < 4.78 is 40.8. The highest BCUT2D eigenvalue weighted by Crippen LogP contribution is 2.45. The lowest BCUT2D eigenvalue weighted by Gasteiger charge is -2.13. The molecule has 0 atom stereocenters. The Balaban J connectivity index is 1.92. The predicted octanol–water partition coefficient (Wildman–Crippen LogP) is 3.65. The largest absolute Gasteiger partial charge is 0.419 e. The van der Waals surface area contributed by atoms with Crippen LogP contribution < -0.4 is 5.32 Å². The first kappa shape index (κ1) is 17.2. The fourth-order valence-corrected chi connectivity index (χ4v) is 2.40. The van der Waals surface area contributed by atoms with E-state index in [9.17, 15) is 18.4 Å². The van der Waals surface area contributed by atoms with Gasteiger partial charge in [-0.25, -0.2) is 9.97 Å². The Kier molecular flexibility index (Phi) is 3.94. The van der Waals surface area contributed by atoms with Gasteiger partial charge in [0.05, 0.1) is 28.4 Å². The van der Waals surface area contributed by atoms with Gasteiger partial charge in [-0.05, 0) is 26.7 Å². The number of nitrogens with one attached hydrogen (secondary N) is 1. The quantitative estimate of drug-likeness (QED) is 0.910. The summed E-state index contributed by atoms with van der Waals surface area (Å²) in [5.74, 6) is 0.416. The minimum absolute atomic E-state index is 0.0322. The molecular weight excluding hydrogens is 333 g/mol. The third-order valence-corrected chi connectivity index (χ3v) is 4.13. The predicted molar refractivity (Wildman–Crippen MR) is 84.1 cm³/mol. The molecule has 0 spiro atoms. The van der Waals surface area contributed by atoms with Crippen molar-refractivity contribution in [1.29, 1.82) is 5.26 Å². The third-order valence-electron chi connectivity index (χ3n) is 4.13. The van der Waals surface area contributed by atoms with Crippen LogP contribution in [0.25, 0.3) is 0 Å². The Labute approximate surface area is 142 Å². The zero-order chi connectivity index (χ0) is 18.4. The van der Waals surface area contributed by atoms with E-state index in [2.05, 4.69) is 26.5 Å². The van der Waals surface area contributed by atoms with Gasteiger partial charge in [0.2, 0.25) is 5.95 Å². The first-order chi connectivity index (χ1) is 11.6. The second-order valence-electron chi connectivity index (χ2n) is 6.66. The fraction of sp³-hybridized carbons (Fsp3) is 0.500. The second-order valence-corrected chi connectivity index (χ2v) is 6.66. The zero-order valence-electron chi connectivity index (χ0n) is 14.0. The molecule has 2 heterocycles. The van der Waals surface area contributed by atoms with Gasteiger partial charge in [-0.2, -0.15) is 23.5 Å². The summed E-state index contributed by atoms with van der Waals surface area (Å²) >= 11 is 0. The summed E-state index contributed by atoms with van der Waals surface area (Å²) in [7, 11) is 1.67. The maximum absolute atomic E-state index is 13.1. The lowest BCUT2D eigenvalue weighted by molar-refractivity contribution is -0.138. The molecule has 3 rings (SSSR count). The normalized spacial score (nSPS) is 15.1. The summed E-state index contributed by atoms with van der Waals surface area (Å²) in [5.41, 5.74) is -0.978. The molecule has 0 bridgehead atoms. The third kappa shape index (κ3) is 3.43. The van der Waals surface area contributed by atoms with Gasteiger partial charge < -0.3 is 5.32 Å². The molecule has 132 valence electrons. The van der Waals surface area contributed by atoms with E-state index < -0.39 is 17.2 Å². The van der Waals surface area contributed by atoms with Gasteiger partial charge in [-0.3, -0.25) is 4.68 Å². The van der Waals surface area contributed by atoms with Crippen molar-refractivity contribution in [3.05, 3.63) is 29.2 Å². The average Bonchev–Trinajstić information content (AvgIpc) is 3.31. The van der Waals surface area contributed by atoms with Crippen molar-refractivity contribution in [3.8, 4) is 6.07 Å². The van der Waals surface area contributed by atoms with Crippen LogP contribution in [0.1, 0.15) is 49.6 Å². The molecule has 2 aromatic heterocycles. The molecule has 1 fully saturated rings. The number of rotatable bonds is 4. The van der Waals surface area contributed by atoms with E-state index in [1.54, 1.807) is 27.0 Å². The molecule has 0 radical (unpaired) electrons. The van der Waals surface area contributed by atoms with Crippen molar-refractivity contribution in [2.45, 2.75) is 44.2 Å². The molecular formula is C16H17F3N6. The molecule has 0 unspecified atom stereocenters. The van der Waals surface area contributed by atoms with Gasteiger partial charge in [0, 0.05) is 25.2 Å². The molecule has 1 aliphatic carbocycles. The summed E-state index contributed by atoms with van der Waals surface area (Å²) in [6.07, 6.45) is -2.25. The summed E-state index contributed by atoms with van der Waals surface area (Å²) in [4.78, 5) is 7.88. The van der Waals surface area contributed by atoms with Crippen LogP contribution in [0.5, 0.6) is 0 Å². The van der Waals surface area contributed by atoms with Crippen molar-refractivity contribution >= 4 is 11.8 Å². The van der Waals surface area contributed by atoms with Gasteiger partial charge in [0.25, 0.3) is 0 Å². The van der Waals surface area contributed by atoms with Crippen molar-refractivity contribution in [3.63, 3.8) is 0 Å². The summed E-state index contributed by atoms with van der Waals surface area (Å²) in [6.45, 7) is 3.47. The summed E-state index contributed by atoms with van der Waals surface area (Å²) in [6, 6.07) is 3.83. The Morgan fingerprint density at radius 2 is 2.00 bits per heavy atom. The Morgan fingerprint density at radius 3 is 2.56 bits per heavy atom. The van der Waals surface area contributed by atoms with Crippen LogP contribution in [-0.2, 0) is 18.6 Å². The fourth-order valence-electron chi connectivity index (χ4n) is 2.40. The van der Waals surface area contributed by atoms with Gasteiger partial charge in [0.1, 0.15) is 5.82 Å². The molecule has 0 aliphatic heterocycles. The Morgan fingerprint density at radius 1 is 1.32 bits per heavy atom. The van der Waals surface area contributed by atoms with Crippen LogP contribution >= 0.6 is 0 Å². The minimum Gasteiger partial charge on any atom is -0.309 e. The molecule has 0 saturated heterocycles. The molecule has 25 heavy (non-hydrogen) atoms. The van der Waals surface area contributed by atoms with Crippen LogP contribution in [0.3, 0.4) is 0 Å². The number of nitrogens with zero attached hydrogens (tertiary/aromatic N) is 5. The monoisotopic (exact) mass is 350 g/mol. The van der Waals surface area contributed by atoms with Crippen molar-refractivity contribution in [2.24, 2.45) is 7.05 Å². The standard InChI is InChI=1S/C16H17F3N6/c1-15(2,8-20)11-6-12(25(3)24-11)22-14-21-7-10(16(17,18)19)13(23-14)9-4-5-9/h6-7,9H,4-5H2,1-3H3,(H,21,22,23). The van der Waals surface area contributed by atoms with E-state index in [1.165, 1.54) is 4.68 Å². The molecule has 0 amide bonds. The van der Waals surface area contributed by atoms with Crippen LogP contribution in [0.15, 0.2) is 12.3 Å². The first-order valence-corrected chi connectivity index (χ1v) is 7.79. The SMILES string of the molecule is Cn1nc(C(C)(C)C#N)cc1Nc1ncc(C(F)(F)F)c(C2CC2)n1. The van der Waals surface area contributed by atoms with E-state index in [0.717, 1.165) is 6.20 Å². The molecule has 6 nitrogen and oxygen atoms in total. The number of aromatic nitrogens is 4. The maximum atomic E-state index is 13.1. The van der Waals surface area contributed by atoms with Crippen LogP contribution in [0.4, 0.5) is 24.9 Å². The molecule has 1 aliphatic rings. The Hall–Kier alpha value is -2.63. The number of halogens is 3. The second kappa shape index (κ2) is 5.72. The molecule has 1 N–H and O–H groups in total. The van der Waals surface area contributed by atoms with Gasteiger partial charge >= 0.3 is 6.18 Å². The minimum atomic E-state index is -4.47. The number of hydrogen-bond donors (Lipinski definition) is 1. The van der Waals surface area contributed by atoms with E-state index in [4.69, 9.17) is 0 Å². The number of hydrogen-bond acceptors (Lipinski definition) is 5. The average molecular weight is 350 g/mol. The van der Waals surface area contributed by atoms with E-state index in [-0.39, 0.29) is 17.6 Å². The van der Waals surface area contributed by atoms with Gasteiger partial charge in [-0.1, -0.05) is 0 Å². The number of nitriles is 1. The van der Waals surface area contributed by atoms with Crippen molar-refractivity contribution in [1.82, 2.24) is 19.7 Å². The number of alkyl halides is 3. The van der Waals surface area contributed by atoms with Crippen molar-refractivity contribution < 1.29 is 13.2 Å². The van der Waals surface area contributed by atoms with Crippen LogP contribution in [0, 0.1) is 11.3 Å². The van der Waals surface area contributed by atoms with E-state index in [1.807, 2.05) is 0 Å². The Bertz CT molecular complexity index is 843. The highest BCUT2D eigenvalue weighted by Gasteiger charge is 2.40. The number of aryl methyl sites for hydroxylation is 1. The molecule has 1 saturated carbocycles. The van der Waals surface area contributed by atoms with Crippen LogP contribution in [-0.4, -0.2) is 19.7 Å². The molecule has 2 aromatic rings. The van der Waals surface area contributed by atoms with E-state index >= 15 is 0 Å². The molecule has 9 heteroatoms. The maximum Gasteiger partial charge on any atom is 0.419 e.